The maximum absolute atomic E-state index is 5.67. The molecule has 0 aliphatic rings. The molecule has 26 heavy (non-hydrogen) atoms. The monoisotopic (exact) mass is 488 g/mol. The van der Waals surface area contributed by atoms with Gasteiger partial charge in [-0.15, -0.1) is 35.3 Å². The van der Waals surface area contributed by atoms with Gasteiger partial charge in [-0.05, 0) is 38.8 Å². The molecular weight excluding hydrogens is 459 g/mol. The lowest BCUT2D eigenvalue weighted by Gasteiger charge is -2.11. The number of benzene rings is 1. The van der Waals surface area contributed by atoms with Gasteiger partial charge in [0.2, 0.25) is 0 Å². The van der Waals surface area contributed by atoms with Crippen molar-refractivity contribution in [1.82, 2.24) is 15.6 Å². The van der Waals surface area contributed by atoms with Crippen LogP contribution in [0.1, 0.15) is 41.8 Å². The van der Waals surface area contributed by atoms with Gasteiger partial charge in [0.15, 0.2) is 5.96 Å². The van der Waals surface area contributed by atoms with Crippen LogP contribution in [0.3, 0.4) is 0 Å². The Bertz CT molecular complexity index is 688. The molecule has 144 valence electrons. The second-order valence-electron chi connectivity index (χ2n) is 6.09. The molecule has 0 saturated heterocycles. The van der Waals surface area contributed by atoms with Crippen LogP contribution in [0, 0.1) is 6.92 Å². The number of aliphatic imine (C=N–C) groups is 1. The van der Waals surface area contributed by atoms with Gasteiger partial charge in [0.1, 0.15) is 5.01 Å². The molecule has 0 bridgehead atoms. The highest BCUT2D eigenvalue weighted by Crippen LogP contribution is 2.11. The predicted octanol–water partition coefficient (Wildman–Crippen LogP) is 4.25. The van der Waals surface area contributed by atoms with Gasteiger partial charge in [0.25, 0.3) is 0 Å². The zero-order valence-corrected chi connectivity index (χ0v) is 19.1. The van der Waals surface area contributed by atoms with Crippen molar-refractivity contribution < 1.29 is 4.74 Å². The highest BCUT2D eigenvalue weighted by molar-refractivity contribution is 14.0. The number of ether oxygens (including phenoxy) is 1. The van der Waals surface area contributed by atoms with Crippen LogP contribution in [0.2, 0.25) is 0 Å². The van der Waals surface area contributed by atoms with Gasteiger partial charge < -0.3 is 15.4 Å². The van der Waals surface area contributed by atoms with Gasteiger partial charge in [-0.25, -0.2) is 9.98 Å². The molecule has 0 aliphatic carbocycles. The van der Waals surface area contributed by atoms with E-state index in [4.69, 9.17) is 4.74 Å². The van der Waals surface area contributed by atoms with Crippen LogP contribution in [0.5, 0.6) is 0 Å². The zero-order chi connectivity index (χ0) is 18.1. The largest absolute Gasteiger partial charge is 0.374 e. The standard InChI is InChI=1S/C19H28N4OS.HI/c1-5-20-19(23-12-18-21-10-15(4)25-18)22-11-16-7-6-8-17(9-16)13-24-14(2)3;/h6-10,14H,5,11-13H2,1-4H3,(H2,20,22,23);1H. The summed E-state index contributed by atoms with van der Waals surface area (Å²) in [5.74, 6) is 0.805. The van der Waals surface area contributed by atoms with E-state index in [1.54, 1.807) is 11.3 Å². The molecule has 0 fully saturated rings. The summed E-state index contributed by atoms with van der Waals surface area (Å²) in [7, 11) is 0. The Morgan fingerprint density at radius 3 is 2.69 bits per heavy atom. The van der Waals surface area contributed by atoms with E-state index in [1.165, 1.54) is 16.0 Å². The third kappa shape index (κ3) is 8.46. The van der Waals surface area contributed by atoms with Gasteiger partial charge in [-0.2, -0.15) is 0 Å². The van der Waals surface area contributed by atoms with Crippen LogP contribution in [-0.2, 0) is 24.4 Å². The number of guanidine groups is 1. The van der Waals surface area contributed by atoms with Gasteiger partial charge in [-0.1, -0.05) is 24.3 Å². The first-order valence-electron chi connectivity index (χ1n) is 8.69. The number of hydrogen-bond acceptors (Lipinski definition) is 4. The average molecular weight is 488 g/mol. The Morgan fingerprint density at radius 1 is 1.27 bits per heavy atom. The minimum absolute atomic E-state index is 0. The number of nitrogens with one attached hydrogen (secondary N) is 2. The molecule has 1 aromatic heterocycles. The topological polar surface area (TPSA) is 58.5 Å². The van der Waals surface area contributed by atoms with Gasteiger partial charge in [-0.3, -0.25) is 0 Å². The quantitative estimate of drug-likeness (QED) is 0.332. The normalized spacial score (nSPS) is 11.3. The molecule has 2 N–H and O–H groups in total. The molecule has 2 aromatic rings. The van der Waals surface area contributed by atoms with Gasteiger partial charge >= 0.3 is 0 Å². The van der Waals surface area contributed by atoms with Crippen LogP contribution in [0.25, 0.3) is 0 Å². The summed E-state index contributed by atoms with van der Waals surface area (Å²) in [5, 5.41) is 7.68. The molecule has 0 radical (unpaired) electrons. The first-order chi connectivity index (χ1) is 12.1. The summed E-state index contributed by atoms with van der Waals surface area (Å²) in [4.78, 5) is 10.3. The predicted molar refractivity (Wildman–Crippen MR) is 120 cm³/mol. The molecule has 0 aliphatic heterocycles. The highest BCUT2D eigenvalue weighted by atomic mass is 127. The van der Waals surface area contributed by atoms with Gasteiger partial charge in [0, 0.05) is 17.6 Å². The molecule has 0 unspecified atom stereocenters. The van der Waals surface area contributed by atoms with E-state index >= 15 is 0 Å². The first kappa shape index (κ1) is 22.9. The molecule has 0 spiro atoms. The number of rotatable bonds is 8. The number of hydrogen-bond donors (Lipinski definition) is 2. The molecule has 0 saturated carbocycles. The maximum Gasteiger partial charge on any atom is 0.191 e. The Hall–Kier alpha value is -1.19. The fourth-order valence-electron chi connectivity index (χ4n) is 2.24. The third-order valence-electron chi connectivity index (χ3n) is 3.41. The molecule has 7 heteroatoms. The summed E-state index contributed by atoms with van der Waals surface area (Å²) < 4.78 is 5.67. The zero-order valence-electron chi connectivity index (χ0n) is 15.9. The van der Waals surface area contributed by atoms with Crippen molar-refractivity contribution in [2.75, 3.05) is 6.54 Å². The smallest absolute Gasteiger partial charge is 0.191 e. The molecule has 0 amide bonds. The Kier molecular flexibility index (Phi) is 10.8. The molecule has 1 heterocycles. The van der Waals surface area contributed by atoms with E-state index in [1.807, 2.05) is 20.0 Å². The molecular formula is C19H29IN4OS. The van der Waals surface area contributed by atoms with Crippen molar-refractivity contribution in [2.24, 2.45) is 4.99 Å². The number of halogens is 1. The number of nitrogens with zero attached hydrogens (tertiary/aromatic N) is 2. The van der Waals surface area contributed by atoms with Crippen molar-refractivity contribution in [2.45, 2.75) is 53.5 Å². The van der Waals surface area contributed by atoms with Crippen LogP contribution in [-0.4, -0.2) is 23.6 Å². The van der Waals surface area contributed by atoms with Crippen molar-refractivity contribution in [3.63, 3.8) is 0 Å². The first-order valence-corrected chi connectivity index (χ1v) is 9.51. The Labute approximate surface area is 177 Å². The van der Waals surface area contributed by atoms with E-state index in [0.29, 0.717) is 19.7 Å². The van der Waals surface area contributed by atoms with E-state index in [-0.39, 0.29) is 30.1 Å². The lowest BCUT2D eigenvalue weighted by atomic mass is 10.1. The number of aryl methyl sites for hydroxylation is 1. The summed E-state index contributed by atoms with van der Waals surface area (Å²) in [6, 6.07) is 8.39. The third-order valence-corrected chi connectivity index (χ3v) is 4.33. The van der Waals surface area contributed by atoms with E-state index in [9.17, 15) is 0 Å². The second-order valence-corrected chi connectivity index (χ2v) is 7.41. The van der Waals surface area contributed by atoms with E-state index in [0.717, 1.165) is 17.5 Å². The molecule has 0 atom stereocenters. The molecule has 5 nitrogen and oxygen atoms in total. The van der Waals surface area contributed by atoms with Crippen molar-refractivity contribution in [3.05, 3.63) is 51.5 Å². The van der Waals surface area contributed by atoms with Crippen LogP contribution < -0.4 is 10.6 Å². The van der Waals surface area contributed by atoms with Crippen LogP contribution in [0.4, 0.5) is 0 Å². The number of aromatic nitrogens is 1. The summed E-state index contributed by atoms with van der Waals surface area (Å²) in [5.41, 5.74) is 2.35. The minimum atomic E-state index is 0. The highest BCUT2D eigenvalue weighted by Gasteiger charge is 2.03. The van der Waals surface area contributed by atoms with Crippen LogP contribution >= 0.6 is 35.3 Å². The Morgan fingerprint density at radius 2 is 2.04 bits per heavy atom. The summed E-state index contributed by atoms with van der Waals surface area (Å²) >= 11 is 1.70. The fraction of sp³-hybridized carbons (Fsp3) is 0.474. The SMILES string of the molecule is CCNC(=NCc1cccc(COC(C)C)c1)NCc1ncc(C)s1.I. The van der Waals surface area contributed by atoms with Gasteiger partial charge in [0.05, 0.1) is 25.8 Å². The van der Waals surface area contributed by atoms with E-state index in [2.05, 4.69) is 58.7 Å². The second kappa shape index (κ2) is 12.2. The van der Waals surface area contributed by atoms with Crippen molar-refractivity contribution in [3.8, 4) is 0 Å². The lowest BCUT2D eigenvalue weighted by Crippen LogP contribution is -2.36. The molecule has 2 rings (SSSR count). The van der Waals surface area contributed by atoms with Crippen molar-refractivity contribution >= 4 is 41.3 Å². The minimum Gasteiger partial charge on any atom is -0.374 e. The molecule has 1 aromatic carbocycles. The van der Waals surface area contributed by atoms with E-state index < -0.39 is 0 Å². The average Bonchev–Trinajstić information content (AvgIpc) is 3.01. The van der Waals surface area contributed by atoms with Crippen molar-refractivity contribution in [1.29, 1.82) is 0 Å². The lowest BCUT2D eigenvalue weighted by molar-refractivity contribution is 0.0657. The summed E-state index contributed by atoms with van der Waals surface area (Å²) in [6.45, 7) is 11.0. The fourth-order valence-corrected chi connectivity index (χ4v) is 2.96. The van der Waals surface area contributed by atoms with Crippen LogP contribution in [0.15, 0.2) is 35.5 Å². The maximum atomic E-state index is 5.67. The number of thiazole rings is 1. The Balaban J connectivity index is 0.00000338. The summed E-state index contributed by atoms with van der Waals surface area (Å²) in [6.07, 6.45) is 2.14.